The summed E-state index contributed by atoms with van der Waals surface area (Å²) in [5, 5.41) is 11.7. The number of sulfonamides is 1. The molecule has 0 aliphatic carbocycles. The van der Waals surface area contributed by atoms with Crippen LogP contribution in [0.25, 0.3) is 0 Å². The molecule has 1 aromatic rings. The maximum Gasteiger partial charge on any atom is 0.277 e. The maximum atomic E-state index is 12.4. The monoisotopic (exact) mass is 367 g/mol. The second-order valence-electron chi connectivity index (χ2n) is 5.32. The molecule has 0 spiro atoms. The van der Waals surface area contributed by atoms with Gasteiger partial charge >= 0.3 is 0 Å². The summed E-state index contributed by atoms with van der Waals surface area (Å²) < 4.78 is 26.2. The number of imide groups is 1. The molecule has 1 aromatic carbocycles. The lowest BCUT2D eigenvalue weighted by Crippen LogP contribution is -2.34. The molecule has 9 heteroatoms. The van der Waals surface area contributed by atoms with E-state index in [1.807, 2.05) is 0 Å². The minimum Gasteiger partial charge on any atom is -0.395 e. The smallest absolute Gasteiger partial charge is 0.277 e. The zero-order chi connectivity index (χ0) is 18.6. The molecule has 8 nitrogen and oxygen atoms in total. The quantitative estimate of drug-likeness (QED) is 0.643. The fourth-order valence-corrected chi connectivity index (χ4v) is 3.95. The van der Waals surface area contributed by atoms with Gasteiger partial charge in [-0.25, -0.2) is 8.42 Å². The number of β-amino-alcohol motifs (C(OH)–C–C–N with tert-alkyl or cyclic N) is 1. The molecule has 0 saturated heterocycles. The molecule has 136 valence electrons. The van der Waals surface area contributed by atoms with Gasteiger partial charge in [-0.05, 0) is 24.3 Å². The van der Waals surface area contributed by atoms with Gasteiger partial charge in [-0.15, -0.1) is 0 Å². The first-order chi connectivity index (χ1) is 11.8. The lowest BCUT2D eigenvalue weighted by molar-refractivity contribution is -0.137. The van der Waals surface area contributed by atoms with Crippen LogP contribution in [0.5, 0.6) is 0 Å². The average Bonchev–Trinajstić information content (AvgIpc) is 2.84. The second kappa shape index (κ2) is 7.77. The van der Waals surface area contributed by atoms with Crippen molar-refractivity contribution in [2.75, 3.05) is 31.6 Å². The fourth-order valence-electron chi connectivity index (χ4n) is 2.49. The summed E-state index contributed by atoms with van der Waals surface area (Å²) in [5.41, 5.74) is 0.564. The zero-order valence-electron chi connectivity index (χ0n) is 14.1. The molecule has 1 heterocycles. The highest BCUT2D eigenvalue weighted by Gasteiger charge is 2.30. The first-order valence-electron chi connectivity index (χ1n) is 7.90. The van der Waals surface area contributed by atoms with E-state index >= 15 is 0 Å². The number of nitrogens with one attached hydrogen (secondary N) is 1. The Labute approximate surface area is 146 Å². The van der Waals surface area contributed by atoms with E-state index in [1.54, 1.807) is 13.8 Å². The van der Waals surface area contributed by atoms with Crippen molar-refractivity contribution >= 4 is 27.5 Å². The van der Waals surface area contributed by atoms with Crippen LogP contribution in [0.3, 0.4) is 0 Å². The molecular weight excluding hydrogens is 346 g/mol. The van der Waals surface area contributed by atoms with Gasteiger partial charge in [0.2, 0.25) is 10.0 Å². The minimum atomic E-state index is -3.55. The number of hydrogen-bond acceptors (Lipinski definition) is 6. The van der Waals surface area contributed by atoms with Crippen LogP contribution in [0.2, 0.25) is 0 Å². The summed E-state index contributed by atoms with van der Waals surface area (Å²) in [6.45, 7) is 3.91. The number of rotatable bonds is 8. The average molecular weight is 367 g/mol. The molecule has 2 N–H and O–H groups in total. The van der Waals surface area contributed by atoms with Crippen LogP contribution in [0, 0.1) is 0 Å². The maximum absolute atomic E-state index is 12.4. The molecular formula is C16H21N3O5S. The predicted molar refractivity (Wildman–Crippen MR) is 92.1 cm³/mol. The van der Waals surface area contributed by atoms with E-state index in [2.05, 4.69) is 5.32 Å². The van der Waals surface area contributed by atoms with Gasteiger partial charge in [0.25, 0.3) is 11.8 Å². The third-order valence-corrected chi connectivity index (χ3v) is 5.87. The SMILES string of the molecule is CCN(CC)S(=O)(=O)c1ccc(NC2=CC(=O)N(CCO)C2=O)cc1. The Kier molecular flexibility index (Phi) is 5.93. The molecule has 0 atom stereocenters. The number of nitrogens with zero attached hydrogens (tertiary/aromatic N) is 2. The summed E-state index contributed by atoms with van der Waals surface area (Å²) in [6.07, 6.45) is 1.15. The number of aliphatic hydroxyl groups excluding tert-OH is 1. The summed E-state index contributed by atoms with van der Waals surface area (Å²) in [7, 11) is -3.55. The van der Waals surface area contributed by atoms with Gasteiger partial charge in [0.1, 0.15) is 5.70 Å². The van der Waals surface area contributed by atoms with E-state index < -0.39 is 21.8 Å². The van der Waals surface area contributed by atoms with Gasteiger partial charge in [-0.2, -0.15) is 4.31 Å². The first-order valence-corrected chi connectivity index (χ1v) is 9.34. The molecule has 0 radical (unpaired) electrons. The van der Waals surface area contributed by atoms with E-state index in [1.165, 1.54) is 28.6 Å². The molecule has 0 bridgehead atoms. The van der Waals surface area contributed by atoms with Crippen LogP contribution in [0.1, 0.15) is 13.8 Å². The highest BCUT2D eigenvalue weighted by molar-refractivity contribution is 7.89. The molecule has 0 unspecified atom stereocenters. The third kappa shape index (κ3) is 3.89. The van der Waals surface area contributed by atoms with E-state index in [0.29, 0.717) is 18.8 Å². The van der Waals surface area contributed by atoms with Gasteiger partial charge in [-0.3, -0.25) is 14.5 Å². The second-order valence-corrected chi connectivity index (χ2v) is 7.25. The number of anilines is 1. The van der Waals surface area contributed by atoms with E-state index in [-0.39, 0.29) is 23.7 Å². The molecule has 2 rings (SSSR count). The molecule has 2 amide bonds. The Balaban J connectivity index is 2.15. The normalized spacial score (nSPS) is 15.0. The molecule has 1 aliphatic heterocycles. The van der Waals surface area contributed by atoms with Gasteiger partial charge in [0, 0.05) is 24.9 Å². The largest absolute Gasteiger partial charge is 0.395 e. The van der Waals surface area contributed by atoms with E-state index in [4.69, 9.17) is 5.11 Å². The van der Waals surface area contributed by atoms with Crippen LogP contribution >= 0.6 is 0 Å². The van der Waals surface area contributed by atoms with Crippen molar-refractivity contribution in [3.05, 3.63) is 36.0 Å². The number of carbonyl (C=O) groups is 2. The van der Waals surface area contributed by atoms with Gasteiger partial charge in [0.05, 0.1) is 18.0 Å². The minimum absolute atomic E-state index is 0.0690. The van der Waals surface area contributed by atoms with Crippen molar-refractivity contribution in [1.82, 2.24) is 9.21 Å². The highest BCUT2D eigenvalue weighted by atomic mass is 32.2. The van der Waals surface area contributed by atoms with E-state index in [0.717, 1.165) is 11.0 Å². The summed E-state index contributed by atoms with van der Waals surface area (Å²) in [4.78, 5) is 24.8. The number of hydrogen-bond donors (Lipinski definition) is 2. The van der Waals surface area contributed by atoms with Crippen LogP contribution in [0.4, 0.5) is 5.69 Å². The van der Waals surface area contributed by atoms with Crippen molar-refractivity contribution in [2.45, 2.75) is 18.7 Å². The third-order valence-electron chi connectivity index (χ3n) is 3.81. The van der Waals surface area contributed by atoms with Crippen molar-refractivity contribution in [2.24, 2.45) is 0 Å². The Hall–Kier alpha value is -2.23. The van der Waals surface area contributed by atoms with Crippen molar-refractivity contribution < 1.29 is 23.1 Å². The summed E-state index contributed by atoms with van der Waals surface area (Å²) >= 11 is 0. The van der Waals surface area contributed by atoms with Crippen LogP contribution in [-0.4, -0.2) is 60.8 Å². The van der Waals surface area contributed by atoms with Crippen molar-refractivity contribution in [3.8, 4) is 0 Å². The van der Waals surface area contributed by atoms with Gasteiger partial charge in [0.15, 0.2) is 0 Å². The van der Waals surface area contributed by atoms with Crippen molar-refractivity contribution in [3.63, 3.8) is 0 Å². The standard InChI is InChI=1S/C16H21N3O5S/c1-3-18(4-2)25(23,24)13-7-5-12(6-8-13)17-14-11-15(21)19(9-10-20)16(14)22/h5-8,11,17,20H,3-4,9-10H2,1-2H3. The summed E-state index contributed by atoms with van der Waals surface area (Å²) in [5.74, 6) is -1.03. The van der Waals surface area contributed by atoms with Gasteiger partial charge < -0.3 is 10.4 Å². The Morgan fingerprint density at radius 1 is 1.12 bits per heavy atom. The predicted octanol–water partition coefficient (Wildman–Crippen LogP) is 0.374. The van der Waals surface area contributed by atoms with Crippen LogP contribution in [0.15, 0.2) is 40.9 Å². The van der Waals surface area contributed by atoms with Crippen LogP contribution in [-0.2, 0) is 19.6 Å². The summed E-state index contributed by atoms with van der Waals surface area (Å²) in [6, 6.07) is 5.96. The molecule has 0 fully saturated rings. The van der Waals surface area contributed by atoms with Crippen molar-refractivity contribution in [1.29, 1.82) is 0 Å². The Morgan fingerprint density at radius 2 is 1.72 bits per heavy atom. The number of amides is 2. The lowest BCUT2D eigenvalue weighted by Gasteiger charge is -2.18. The first kappa shape index (κ1) is 19.1. The highest BCUT2D eigenvalue weighted by Crippen LogP contribution is 2.21. The van der Waals surface area contributed by atoms with E-state index in [9.17, 15) is 18.0 Å². The van der Waals surface area contributed by atoms with Gasteiger partial charge in [-0.1, -0.05) is 13.8 Å². The number of carbonyl (C=O) groups excluding carboxylic acids is 2. The van der Waals surface area contributed by atoms with Crippen LogP contribution < -0.4 is 5.32 Å². The number of aliphatic hydroxyl groups is 1. The number of benzene rings is 1. The molecule has 0 aromatic heterocycles. The molecule has 25 heavy (non-hydrogen) atoms. The molecule has 1 aliphatic rings. The Bertz CT molecular complexity index is 782. The lowest BCUT2D eigenvalue weighted by atomic mass is 10.3. The molecule has 0 saturated carbocycles. The Morgan fingerprint density at radius 3 is 2.24 bits per heavy atom. The zero-order valence-corrected chi connectivity index (χ0v) is 14.9. The fraction of sp³-hybridized carbons (Fsp3) is 0.375. The topological polar surface area (TPSA) is 107 Å².